The number of rotatable bonds is 6. The van der Waals surface area contributed by atoms with E-state index in [-0.39, 0.29) is 35.8 Å². The fourth-order valence-electron chi connectivity index (χ4n) is 4.52. The van der Waals surface area contributed by atoms with E-state index in [1.807, 2.05) is 30.4 Å². The van der Waals surface area contributed by atoms with Gasteiger partial charge in [0, 0.05) is 41.4 Å². The van der Waals surface area contributed by atoms with Crippen LogP contribution in [0, 0.1) is 5.82 Å². The number of carbonyl (C=O) groups excluding carboxylic acids is 2. The molecule has 3 N–H and O–H groups in total. The highest BCUT2D eigenvalue weighted by Gasteiger charge is 2.23. The number of hydrogen-bond acceptors (Lipinski definition) is 4. The molecule has 0 saturated heterocycles. The molecule has 1 aromatic heterocycles. The van der Waals surface area contributed by atoms with Crippen LogP contribution < -0.4 is 21.3 Å². The minimum Gasteiger partial charge on any atom is -0.508 e. The Balaban J connectivity index is 1.46. The lowest BCUT2D eigenvalue weighted by Crippen LogP contribution is -2.32. The highest BCUT2D eigenvalue weighted by Crippen LogP contribution is 2.27. The first kappa shape index (κ1) is 24.1. The van der Waals surface area contributed by atoms with Crippen molar-refractivity contribution < 1.29 is 23.5 Å². The number of amides is 2. The molecule has 4 aromatic rings. The lowest BCUT2D eigenvalue weighted by atomic mass is 9.90. The molecule has 3 aromatic carbocycles. The van der Waals surface area contributed by atoms with Gasteiger partial charge in [-0.2, -0.15) is 0 Å². The van der Waals surface area contributed by atoms with Gasteiger partial charge in [0.1, 0.15) is 22.7 Å². The number of hydrogen-bond donors (Lipinski definition) is 3. The van der Waals surface area contributed by atoms with Gasteiger partial charge in [-0.15, -0.1) is 0 Å². The van der Waals surface area contributed by atoms with Crippen molar-refractivity contribution in [3.05, 3.63) is 112 Å². The van der Waals surface area contributed by atoms with E-state index in [2.05, 4.69) is 10.6 Å². The van der Waals surface area contributed by atoms with Crippen LogP contribution in [0.15, 0.2) is 77.2 Å². The number of fused-ring (bicyclic) bond motifs is 1. The Morgan fingerprint density at radius 3 is 2.57 bits per heavy atom. The first-order valence-electron chi connectivity index (χ1n) is 11.9. The summed E-state index contributed by atoms with van der Waals surface area (Å²) in [6.45, 7) is 0.207. The average Bonchev–Trinajstić information content (AvgIpc) is 3.31. The summed E-state index contributed by atoms with van der Waals surface area (Å²) in [4.78, 5) is 25.7. The number of para-hydroxylation sites is 1. The first-order chi connectivity index (χ1) is 17.9. The van der Waals surface area contributed by atoms with Gasteiger partial charge in [0.25, 0.3) is 11.8 Å². The molecule has 0 radical (unpaired) electrons. The van der Waals surface area contributed by atoms with E-state index in [1.54, 1.807) is 49.5 Å². The summed E-state index contributed by atoms with van der Waals surface area (Å²) in [5.41, 5.74) is 3.64. The van der Waals surface area contributed by atoms with Gasteiger partial charge in [0.15, 0.2) is 0 Å². The van der Waals surface area contributed by atoms with Crippen LogP contribution in [0.25, 0.3) is 23.5 Å². The SMILES string of the molecule is CNC(=O)c1c(-c2ccc(F)cc2)oc2c1=CC(c1cccc(C(=O)NCc3ccccc3O)c1)CC=2. The van der Waals surface area contributed by atoms with Gasteiger partial charge >= 0.3 is 0 Å². The molecular formula is C30H25FN2O4. The smallest absolute Gasteiger partial charge is 0.255 e. The quantitative estimate of drug-likeness (QED) is 0.378. The molecule has 0 saturated carbocycles. The minimum absolute atomic E-state index is 0.0829. The van der Waals surface area contributed by atoms with Crippen molar-refractivity contribution in [2.75, 3.05) is 7.05 Å². The van der Waals surface area contributed by atoms with Crippen molar-refractivity contribution in [3.8, 4) is 17.1 Å². The molecule has 1 aliphatic rings. The molecule has 1 heterocycles. The van der Waals surface area contributed by atoms with E-state index in [0.717, 1.165) is 5.56 Å². The third-order valence-electron chi connectivity index (χ3n) is 6.47. The number of benzene rings is 3. The third kappa shape index (κ3) is 4.89. The van der Waals surface area contributed by atoms with Crippen LogP contribution >= 0.6 is 0 Å². The van der Waals surface area contributed by atoms with Crippen molar-refractivity contribution in [1.82, 2.24) is 10.6 Å². The fraction of sp³-hybridized carbons (Fsp3) is 0.133. The van der Waals surface area contributed by atoms with E-state index in [0.29, 0.717) is 45.1 Å². The Hall–Kier alpha value is -4.65. The molecule has 6 nitrogen and oxygen atoms in total. The van der Waals surface area contributed by atoms with E-state index < -0.39 is 0 Å². The number of nitrogens with one attached hydrogen (secondary N) is 2. The van der Waals surface area contributed by atoms with Crippen LogP contribution in [0.5, 0.6) is 5.75 Å². The Morgan fingerprint density at radius 1 is 1.03 bits per heavy atom. The van der Waals surface area contributed by atoms with Gasteiger partial charge in [-0.3, -0.25) is 9.59 Å². The number of halogens is 1. The standard InChI is InChI=1S/C30H25FN2O4/c1-32-30(36)27-24-16-20(11-14-26(24)37-28(27)18-9-12-23(31)13-10-18)19-6-4-7-21(15-19)29(35)33-17-22-5-2-3-8-25(22)34/h2-10,12-16,20,34H,11,17H2,1H3,(H,32,36)(H,33,35). The molecule has 0 bridgehead atoms. The van der Waals surface area contributed by atoms with Gasteiger partial charge in [0.2, 0.25) is 0 Å². The van der Waals surface area contributed by atoms with Gasteiger partial charge in [-0.25, -0.2) is 4.39 Å². The topological polar surface area (TPSA) is 91.6 Å². The molecule has 1 atom stereocenters. The zero-order valence-electron chi connectivity index (χ0n) is 20.1. The predicted octanol–water partition coefficient (Wildman–Crippen LogP) is 3.83. The summed E-state index contributed by atoms with van der Waals surface area (Å²) in [5, 5.41) is 16.1. The Kier molecular flexibility index (Phi) is 6.60. The van der Waals surface area contributed by atoms with Gasteiger partial charge in [-0.1, -0.05) is 36.4 Å². The second kappa shape index (κ2) is 10.1. The molecule has 0 aliphatic heterocycles. The van der Waals surface area contributed by atoms with Crippen molar-refractivity contribution in [2.24, 2.45) is 0 Å². The molecule has 37 heavy (non-hydrogen) atoms. The van der Waals surface area contributed by atoms with Crippen LogP contribution in [0.4, 0.5) is 4.39 Å². The summed E-state index contributed by atoms with van der Waals surface area (Å²) in [7, 11) is 1.55. The van der Waals surface area contributed by atoms with Crippen LogP contribution in [-0.2, 0) is 6.54 Å². The molecule has 2 amide bonds. The highest BCUT2D eigenvalue weighted by molar-refractivity contribution is 6.00. The van der Waals surface area contributed by atoms with Crippen LogP contribution in [-0.4, -0.2) is 24.0 Å². The van der Waals surface area contributed by atoms with Crippen LogP contribution in [0.2, 0.25) is 0 Å². The second-order valence-electron chi connectivity index (χ2n) is 8.82. The number of furan rings is 1. The zero-order chi connectivity index (χ0) is 25.9. The zero-order valence-corrected chi connectivity index (χ0v) is 20.1. The van der Waals surface area contributed by atoms with Crippen molar-refractivity contribution in [3.63, 3.8) is 0 Å². The average molecular weight is 497 g/mol. The second-order valence-corrected chi connectivity index (χ2v) is 8.82. The lowest BCUT2D eigenvalue weighted by molar-refractivity contribution is 0.0946. The van der Waals surface area contributed by atoms with E-state index in [1.165, 1.54) is 12.1 Å². The molecular weight excluding hydrogens is 471 g/mol. The largest absolute Gasteiger partial charge is 0.508 e. The Labute approximate surface area is 212 Å². The highest BCUT2D eigenvalue weighted by atomic mass is 19.1. The molecule has 1 unspecified atom stereocenters. The summed E-state index contributed by atoms with van der Waals surface area (Å²) in [5.74, 6) is -0.489. The predicted molar refractivity (Wildman–Crippen MR) is 139 cm³/mol. The summed E-state index contributed by atoms with van der Waals surface area (Å²) < 4.78 is 19.5. The molecule has 7 heteroatoms. The van der Waals surface area contributed by atoms with Gasteiger partial charge in [0.05, 0.1) is 5.56 Å². The van der Waals surface area contributed by atoms with Gasteiger partial charge < -0.3 is 20.2 Å². The van der Waals surface area contributed by atoms with Crippen LogP contribution in [0.3, 0.4) is 0 Å². The number of phenolic OH excluding ortho intramolecular Hbond substituents is 1. The fourth-order valence-corrected chi connectivity index (χ4v) is 4.52. The van der Waals surface area contributed by atoms with Crippen molar-refractivity contribution in [1.29, 1.82) is 0 Å². The molecule has 5 rings (SSSR count). The number of phenols is 1. The Bertz CT molecular complexity index is 1610. The molecule has 0 spiro atoms. The maximum atomic E-state index is 13.5. The van der Waals surface area contributed by atoms with Crippen molar-refractivity contribution >= 4 is 24.0 Å². The van der Waals surface area contributed by atoms with Crippen LogP contribution in [0.1, 0.15) is 44.2 Å². The number of aromatic hydroxyl groups is 1. The molecule has 0 fully saturated rings. The Morgan fingerprint density at radius 2 is 1.81 bits per heavy atom. The summed E-state index contributed by atoms with van der Waals surface area (Å²) in [6, 6.07) is 20.0. The van der Waals surface area contributed by atoms with Gasteiger partial charge in [-0.05, 0) is 60.5 Å². The van der Waals surface area contributed by atoms with E-state index >= 15 is 0 Å². The van der Waals surface area contributed by atoms with Crippen molar-refractivity contribution in [2.45, 2.75) is 18.9 Å². The summed E-state index contributed by atoms with van der Waals surface area (Å²) in [6.07, 6.45) is 4.54. The third-order valence-corrected chi connectivity index (χ3v) is 6.47. The normalized spacial score (nSPS) is 14.2. The maximum absolute atomic E-state index is 13.5. The van der Waals surface area contributed by atoms with E-state index in [4.69, 9.17) is 4.42 Å². The molecule has 1 aliphatic carbocycles. The molecule has 186 valence electrons. The van der Waals surface area contributed by atoms with E-state index in [9.17, 15) is 19.1 Å². The summed E-state index contributed by atoms with van der Waals surface area (Å²) >= 11 is 0. The first-order valence-corrected chi connectivity index (χ1v) is 11.9. The number of carbonyl (C=O) groups is 2. The maximum Gasteiger partial charge on any atom is 0.255 e. The monoisotopic (exact) mass is 496 g/mol. The minimum atomic E-state index is -0.371. The lowest BCUT2D eigenvalue weighted by Gasteiger charge is -2.15.